The molecule has 10 aromatic rings. The molecule has 7 heteroatoms. The minimum atomic E-state index is -0.832. The van der Waals surface area contributed by atoms with Crippen LogP contribution in [0.2, 0.25) is 0 Å². The number of hydrogen-bond acceptors (Lipinski definition) is 5. The molecule has 7 nitrogen and oxygen atoms in total. The Balaban J connectivity index is 1.19. The number of pyridine rings is 2. The number of rotatable bonds is 2. The van der Waals surface area contributed by atoms with Crippen LogP contribution in [0.25, 0.3) is 66.4 Å². The largest absolute Gasteiger partial charge is 0.457 e. The standard InChI is InChI=1S/C49H26N6O/c50-26-29-15-18-43-35(22-29)36-23-30(27-51)16-19-44(36)54(43)31-17-20-46-39(24-31)49(37-10-3-6-14-45(37)56-46)38-11-7-21-52-47(38)48-40(49)25-32(28-53-48)55-41-12-4-1-8-33(41)34-9-2-5-13-42(34)55/h1-25,28H. The number of ether oxygens (including phenoxy) is 1. The Hall–Kier alpha value is -8.00. The summed E-state index contributed by atoms with van der Waals surface area (Å²) in [5, 5.41) is 23.9. The van der Waals surface area contributed by atoms with Gasteiger partial charge >= 0.3 is 0 Å². The average Bonchev–Trinajstić information content (AvgIpc) is 3.87. The molecule has 0 N–H and O–H groups in total. The monoisotopic (exact) mass is 714 g/mol. The number of nitrogens with zero attached hydrogens (tertiary/aromatic N) is 6. The molecule has 5 heterocycles. The van der Waals surface area contributed by atoms with E-state index < -0.39 is 5.41 Å². The molecule has 6 aromatic carbocycles. The lowest BCUT2D eigenvalue weighted by Gasteiger charge is -2.39. The lowest BCUT2D eigenvalue weighted by Crippen LogP contribution is -2.32. The molecule has 1 aliphatic carbocycles. The zero-order valence-electron chi connectivity index (χ0n) is 29.6. The molecule has 2 aliphatic rings. The van der Waals surface area contributed by atoms with Crippen LogP contribution in [0.1, 0.15) is 33.4 Å². The Kier molecular flexibility index (Phi) is 5.99. The van der Waals surface area contributed by atoms with Crippen molar-refractivity contribution >= 4 is 43.6 Å². The number of aromatic nitrogens is 4. The maximum Gasteiger partial charge on any atom is 0.132 e. The van der Waals surface area contributed by atoms with Gasteiger partial charge in [-0.3, -0.25) is 9.97 Å². The second kappa shape index (κ2) is 11.0. The van der Waals surface area contributed by atoms with Crippen molar-refractivity contribution in [1.29, 1.82) is 10.5 Å². The third-order valence-corrected chi connectivity index (χ3v) is 11.7. The molecule has 0 radical (unpaired) electrons. The van der Waals surface area contributed by atoms with Crippen LogP contribution in [0, 0.1) is 22.7 Å². The topological polar surface area (TPSA) is 92.4 Å². The molecular formula is C49H26N6O. The molecule has 1 atom stereocenters. The molecule has 0 saturated heterocycles. The third kappa shape index (κ3) is 3.83. The van der Waals surface area contributed by atoms with Crippen LogP contribution < -0.4 is 4.74 Å². The van der Waals surface area contributed by atoms with E-state index in [9.17, 15) is 10.5 Å². The van der Waals surface area contributed by atoms with Gasteiger partial charge in [0.2, 0.25) is 0 Å². The highest BCUT2D eigenvalue weighted by Gasteiger charge is 2.52. The number of benzene rings is 6. The maximum absolute atomic E-state index is 9.83. The van der Waals surface area contributed by atoms with Crippen LogP contribution in [0.3, 0.4) is 0 Å². The number of fused-ring (bicyclic) bond motifs is 15. The van der Waals surface area contributed by atoms with Crippen molar-refractivity contribution in [2.24, 2.45) is 0 Å². The van der Waals surface area contributed by atoms with Crippen molar-refractivity contribution in [1.82, 2.24) is 19.1 Å². The highest BCUT2D eigenvalue weighted by atomic mass is 16.5. The highest BCUT2D eigenvalue weighted by molar-refractivity contribution is 6.11. The lowest BCUT2D eigenvalue weighted by molar-refractivity contribution is 0.436. The third-order valence-electron chi connectivity index (χ3n) is 11.7. The van der Waals surface area contributed by atoms with Crippen LogP contribution in [0.15, 0.2) is 158 Å². The fourth-order valence-electron chi connectivity index (χ4n) is 9.48. The Labute approximate surface area is 320 Å². The minimum Gasteiger partial charge on any atom is -0.457 e. The summed E-state index contributed by atoms with van der Waals surface area (Å²) in [4.78, 5) is 10.3. The van der Waals surface area contributed by atoms with Crippen molar-refractivity contribution < 1.29 is 4.74 Å². The Bertz CT molecular complexity index is 3330. The second-order valence-electron chi connectivity index (χ2n) is 14.4. The first-order valence-electron chi connectivity index (χ1n) is 18.4. The molecule has 12 rings (SSSR count). The van der Waals surface area contributed by atoms with E-state index in [-0.39, 0.29) is 0 Å². The number of nitriles is 2. The summed E-state index contributed by atoms with van der Waals surface area (Å²) in [6.07, 6.45) is 3.82. The summed E-state index contributed by atoms with van der Waals surface area (Å²) < 4.78 is 11.3. The van der Waals surface area contributed by atoms with E-state index in [0.29, 0.717) is 11.1 Å². The van der Waals surface area contributed by atoms with E-state index >= 15 is 0 Å². The normalized spacial score (nSPS) is 15.0. The van der Waals surface area contributed by atoms with Gasteiger partial charge in [0, 0.05) is 50.1 Å². The van der Waals surface area contributed by atoms with E-state index in [1.54, 1.807) is 0 Å². The summed E-state index contributed by atoms with van der Waals surface area (Å²) in [6.45, 7) is 0. The zero-order valence-corrected chi connectivity index (χ0v) is 29.6. The van der Waals surface area contributed by atoms with Crippen molar-refractivity contribution in [3.8, 4) is 46.4 Å². The number of hydrogen-bond donors (Lipinski definition) is 0. The molecule has 4 aromatic heterocycles. The molecule has 1 aliphatic heterocycles. The van der Waals surface area contributed by atoms with Crippen molar-refractivity contribution in [2.75, 3.05) is 0 Å². The molecule has 1 unspecified atom stereocenters. The van der Waals surface area contributed by atoms with E-state index in [2.05, 4.69) is 112 Å². The van der Waals surface area contributed by atoms with Gasteiger partial charge in [-0.05, 0) is 90.5 Å². The predicted octanol–water partition coefficient (Wildman–Crippen LogP) is 10.9. The minimum absolute atomic E-state index is 0.562. The van der Waals surface area contributed by atoms with Crippen molar-refractivity contribution in [2.45, 2.75) is 5.41 Å². The van der Waals surface area contributed by atoms with Gasteiger partial charge in [-0.25, -0.2) is 0 Å². The molecule has 1 spiro atoms. The molecule has 0 fully saturated rings. The fraction of sp³-hybridized carbons (Fsp3) is 0.0204. The van der Waals surface area contributed by atoms with Crippen LogP contribution in [-0.4, -0.2) is 19.1 Å². The Morgan fingerprint density at radius 3 is 1.75 bits per heavy atom. The molecule has 0 amide bonds. The first kappa shape index (κ1) is 30.5. The van der Waals surface area contributed by atoms with E-state index in [0.717, 1.165) is 89.4 Å². The van der Waals surface area contributed by atoms with Gasteiger partial charge in [0.1, 0.15) is 11.5 Å². The molecular weight excluding hydrogens is 689 g/mol. The molecule has 56 heavy (non-hydrogen) atoms. The summed E-state index contributed by atoms with van der Waals surface area (Å²) in [6, 6.07) is 54.3. The van der Waals surface area contributed by atoms with Gasteiger partial charge in [-0.2, -0.15) is 10.5 Å². The predicted molar refractivity (Wildman–Crippen MR) is 218 cm³/mol. The van der Waals surface area contributed by atoms with E-state index in [1.807, 2.05) is 67.0 Å². The maximum atomic E-state index is 9.83. The lowest BCUT2D eigenvalue weighted by atomic mass is 9.66. The van der Waals surface area contributed by atoms with E-state index in [1.165, 1.54) is 10.8 Å². The van der Waals surface area contributed by atoms with Gasteiger partial charge in [0.25, 0.3) is 0 Å². The van der Waals surface area contributed by atoms with Gasteiger partial charge < -0.3 is 13.9 Å². The van der Waals surface area contributed by atoms with Gasteiger partial charge in [-0.1, -0.05) is 60.7 Å². The van der Waals surface area contributed by atoms with Crippen molar-refractivity contribution in [3.63, 3.8) is 0 Å². The molecule has 258 valence electrons. The Morgan fingerprint density at radius 2 is 1.04 bits per heavy atom. The average molecular weight is 715 g/mol. The summed E-state index contributed by atoms with van der Waals surface area (Å²) >= 11 is 0. The highest BCUT2D eigenvalue weighted by Crippen LogP contribution is 2.61. The van der Waals surface area contributed by atoms with Gasteiger partial charge in [0.15, 0.2) is 0 Å². The van der Waals surface area contributed by atoms with Crippen LogP contribution >= 0.6 is 0 Å². The summed E-state index contributed by atoms with van der Waals surface area (Å²) in [5.74, 6) is 1.53. The van der Waals surface area contributed by atoms with Gasteiger partial charge in [0.05, 0.1) is 74.0 Å². The number of para-hydroxylation sites is 3. The zero-order chi connectivity index (χ0) is 37.1. The molecule has 0 bridgehead atoms. The first-order valence-corrected chi connectivity index (χ1v) is 18.4. The van der Waals surface area contributed by atoms with Crippen LogP contribution in [0.4, 0.5) is 0 Å². The quantitative estimate of drug-likeness (QED) is 0.178. The van der Waals surface area contributed by atoms with E-state index in [4.69, 9.17) is 14.7 Å². The first-order chi connectivity index (χ1) is 27.7. The second-order valence-corrected chi connectivity index (χ2v) is 14.4. The summed E-state index contributed by atoms with van der Waals surface area (Å²) in [7, 11) is 0. The van der Waals surface area contributed by atoms with Crippen LogP contribution in [-0.2, 0) is 5.41 Å². The van der Waals surface area contributed by atoms with Crippen LogP contribution in [0.5, 0.6) is 11.5 Å². The smallest absolute Gasteiger partial charge is 0.132 e. The fourth-order valence-corrected chi connectivity index (χ4v) is 9.48. The Morgan fingerprint density at radius 1 is 0.464 bits per heavy atom. The van der Waals surface area contributed by atoms with Gasteiger partial charge in [-0.15, -0.1) is 0 Å². The SMILES string of the molecule is N#Cc1ccc2c(c1)c1cc(C#N)ccc1n2-c1ccc2c(c1)C1(c3ccccc3O2)c2cccnc2-c2ncc(-n3c4ccccc4c4ccccc43)cc21. The summed E-state index contributed by atoms with van der Waals surface area (Å²) in [5.41, 5.74) is 12.0. The molecule has 0 saturated carbocycles. The van der Waals surface area contributed by atoms with Crippen molar-refractivity contribution in [3.05, 3.63) is 191 Å².